The van der Waals surface area contributed by atoms with E-state index in [1.807, 2.05) is 22.8 Å². The highest BCUT2D eigenvalue weighted by Crippen LogP contribution is 2.23. The first kappa shape index (κ1) is 13.2. The summed E-state index contributed by atoms with van der Waals surface area (Å²) >= 11 is 0. The van der Waals surface area contributed by atoms with E-state index in [1.165, 1.54) is 0 Å². The summed E-state index contributed by atoms with van der Waals surface area (Å²) in [6.45, 7) is 0.711. The second kappa shape index (κ2) is 5.60. The third-order valence-corrected chi connectivity index (χ3v) is 3.04. The van der Waals surface area contributed by atoms with Gasteiger partial charge < -0.3 is 20.8 Å². The van der Waals surface area contributed by atoms with E-state index in [0.717, 1.165) is 29.6 Å². The Hall–Kier alpha value is -2.24. The van der Waals surface area contributed by atoms with Gasteiger partial charge in [-0.2, -0.15) is 0 Å². The summed E-state index contributed by atoms with van der Waals surface area (Å²) in [6, 6.07) is 5.64. The molecule has 0 fully saturated rings. The number of hydrogen-bond donors (Lipinski definition) is 2. The Morgan fingerprint density at radius 2 is 2.21 bits per heavy atom. The Bertz CT molecular complexity index is 592. The van der Waals surface area contributed by atoms with Crippen molar-refractivity contribution >= 4 is 22.9 Å². The van der Waals surface area contributed by atoms with Crippen molar-refractivity contribution in [3.63, 3.8) is 0 Å². The maximum Gasteiger partial charge on any atom is 0.217 e. The first-order valence-corrected chi connectivity index (χ1v) is 6.20. The number of ether oxygens (including phenoxy) is 1. The number of nitrogen functional groups attached to an aromatic ring is 1. The minimum absolute atomic E-state index is 0.273. The Kier molecular flexibility index (Phi) is 3.89. The number of rotatable bonds is 6. The van der Waals surface area contributed by atoms with Crippen LogP contribution in [-0.2, 0) is 11.3 Å². The molecule has 0 spiro atoms. The summed E-state index contributed by atoms with van der Waals surface area (Å²) in [5.41, 5.74) is 12.8. The molecule has 0 atom stereocenters. The maximum atomic E-state index is 10.7. The minimum atomic E-state index is -0.273. The zero-order valence-electron chi connectivity index (χ0n) is 10.9. The van der Waals surface area contributed by atoms with Gasteiger partial charge in [0.2, 0.25) is 11.9 Å². The van der Waals surface area contributed by atoms with Crippen LogP contribution in [0.5, 0.6) is 5.75 Å². The van der Waals surface area contributed by atoms with E-state index in [-0.39, 0.29) is 5.91 Å². The Morgan fingerprint density at radius 3 is 2.89 bits per heavy atom. The predicted octanol–water partition coefficient (Wildman–Crippen LogP) is 1.28. The van der Waals surface area contributed by atoms with Crippen LogP contribution >= 0.6 is 0 Å². The number of nitrogens with two attached hydrogens (primary N) is 2. The molecule has 2 aromatic rings. The lowest BCUT2D eigenvalue weighted by Gasteiger charge is -2.06. The van der Waals surface area contributed by atoms with E-state index in [9.17, 15) is 4.79 Å². The molecule has 4 N–H and O–H groups in total. The van der Waals surface area contributed by atoms with Gasteiger partial charge in [0.05, 0.1) is 18.1 Å². The maximum absolute atomic E-state index is 10.7. The number of aryl methyl sites for hydroxylation is 1. The van der Waals surface area contributed by atoms with Crippen molar-refractivity contribution in [2.75, 3.05) is 12.8 Å². The van der Waals surface area contributed by atoms with Gasteiger partial charge in [0.1, 0.15) is 5.75 Å². The fourth-order valence-electron chi connectivity index (χ4n) is 2.05. The van der Waals surface area contributed by atoms with Gasteiger partial charge in [-0.3, -0.25) is 4.79 Å². The van der Waals surface area contributed by atoms with Crippen molar-refractivity contribution in [2.45, 2.75) is 25.8 Å². The van der Waals surface area contributed by atoms with Crippen molar-refractivity contribution in [1.82, 2.24) is 9.55 Å². The van der Waals surface area contributed by atoms with Gasteiger partial charge in [-0.1, -0.05) is 0 Å². The predicted molar refractivity (Wildman–Crippen MR) is 73.7 cm³/mol. The molecule has 1 heterocycles. The van der Waals surface area contributed by atoms with Gasteiger partial charge in [0, 0.05) is 19.0 Å². The molecule has 0 aliphatic carbocycles. The summed E-state index contributed by atoms with van der Waals surface area (Å²) in [4.78, 5) is 15.0. The molecule has 0 bridgehead atoms. The first-order chi connectivity index (χ1) is 9.11. The molecule has 0 saturated heterocycles. The summed E-state index contributed by atoms with van der Waals surface area (Å²) in [5.74, 6) is 0.971. The van der Waals surface area contributed by atoms with Crippen LogP contribution in [0.4, 0.5) is 5.95 Å². The lowest BCUT2D eigenvalue weighted by molar-refractivity contribution is -0.118. The zero-order chi connectivity index (χ0) is 13.8. The molecule has 0 aliphatic rings. The smallest absolute Gasteiger partial charge is 0.217 e. The molecule has 1 aromatic carbocycles. The van der Waals surface area contributed by atoms with Crippen LogP contribution in [0.25, 0.3) is 11.0 Å². The molecule has 2 rings (SSSR count). The Balaban J connectivity index is 2.16. The molecule has 1 aromatic heterocycles. The molecule has 0 aliphatic heterocycles. The number of benzene rings is 1. The molecule has 6 heteroatoms. The van der Waals surface area contributed by atoms with Gasteiger partial charge in [0.15, 0.2) is 0 Å². The highest BCUT2D eigenvalue weighted by Gasteiger charge is 2.09. The monoisotopic (exact) mass is 262 g/mol. The highest BCUT2D eigenvalue weighted by molar-refractivity contribution is 5.79. The normalized spacial score (nSPS) is 10.8. The molecule has 102 valence electrons. The van der Waals surface area contributed by atoms with Gasteiger partial charge in [-0.05, 0) is 25.0 Å². The third-order valence-electron chi connectivity index (χ3n) is 3.04. The molecule has 1 amide bonds. The molecular weight excluding hydrogens is 244 g/mol. The molecule has 0 radical (unpaired) electrons. The van der Waals surface area contributed by atoms with E-state index in [4.69, 9.17) is 16.2 Å². The number of imidazole rings is 1. The fourth-order valence-corrected chi connectivity index (χ4v) is 2.05. The summed E-state index contributed by atoms with van der Waals surface area (Å²) < 4.78 is 7.13. The fraction of sp³-hybridized carbons (Fsp3) is 0.385. The first-order valence-electron chi connectivity index (χ1n) is 6.20. The van der Waals surface area contributed by atoms with E-state index in [1.54, 1.807) is 7.11 Å². The Labute approximate surface area is 111 Å². The SMILES string of the molecule is COc1ccc2nc(N)n(CCCCC(N)=O)c2c1. The average Bonchev–Trinajstić information content (AvgIpc) is 2.69. The zero-order valence-corrected chi connectivity index (χ0v) is 10.9. The average molecular weight is 262 g/mol. The van der Waals surface area contributed by atoms with Crippen molar-refractivity contribution in [1.29, 1.82) is 0 Å². The number of unbranched alkanes of at least 4 members (excludes halogenated alkanes) is 1. The second-order valence-corrected chi connectivity index (χ2v) is 4.40. The van der Waals surface area contributed by atoms with Crippen LogP contribution in [0.3, 0.4) is 0 Å². The second-order valence-electron chi connectivity index (χ2n) is 4.40. The van der Waals surface area contributed by atoms with E-state index in [2.05, 4.69) is 4.98 Å². The number of anilines is 1. The quantitative estimate of drug-likeness (QED) is 0.766. The van der Waals surface area contributed by atoms with Crippen LogP contribution in [0.15, 0.2) is 18.2 Å². The summed E-state index contributed by atoms with van der Waals surface area (Å²) in [7, 11) is 1.62. The van der Waals surface area contributed by atoms with E-state index in [0.29, 0.717) is 18.9 Å². The molecular formula is C13H18N4O2. The van der Waals surface area contributed by atoms with Gasteiger partial charge in [0.25, 0.3) is 0 Å². The number of amides is 1. The number of methoxy groups -OCH3 is 1. The number of hydrogen-bond acceptors (Lipinski definition) is 4. The lowest BCUT2D eigenvalue weighted by atomic mass is 10.2. The largest absolute Gasteiger partial charge is 0.497 e. The van der Waals surface area contributed by atoms with Crippen molar-refractivity contribution in [2.24, 2.45) is 5.73 Å². The molecule has 0 unspecified atom stereocenters. The van der Waals surface area contributed by atoms with Gasteiger partial charge in [-0.15, -0.1) is 0 Å². The van der Waals surface area contributed by atoms with Crippen LogP contribution in [0.2, 0.25) is 0 Å². The van der Waals surface area contributed by atoms with Crippen molar-refractivity contribution in [3.8, 4) is 5.75 Å². The lowest BCUT2D eigenvalue weighted by Crippen LogP contribution is -2.10. The standard InChI is InChI=1S/C13H18N4O2/c1-19-9-5-6-10-11(8-9)17(13(15)16-10)7-3-2-4-12(14)18/h5-6,8H,2-4,7H2,1H3,(H2,14,18)(H2,15,16). The number of primary amides is 1. The molecule has 6 nitrogen and oxygen atoms in total. The number of nitrogens with zero attached hydrogens (tertiary/aromatic N) is 2. The summed E-state index contributed by atoms with van der Waals surface area (Å²) in [6.07, 6.45) is 1.98. The highest BCUT2D eigenvalue weighted by atomic mass is 16.5. The van der Waals surface area contributed by atoms with Crippen LogP contribution < -0.4 is 16.2 Å². The van der Waals surface area contributed by atoms with E-state index < -0.39 is 0 Å². The van der Waals surface area contributed by atoms with Gasteiger partial charge in [-0.25, -0.2) is 4.98 Å². The van der Waals surface area contributed by atoms with Crippen molar-refractivity contribution in [3.05, 3.63) is 18.2 Å². The van der Waals surface area contributed by atoms with Crippen LogP contribution in [0.1, 0.15) is 19.3 Å². The number of carbonyl (C=O) groups is 1. The minimum Gasteiger partial charge on any atom is -0.497 e. The van der Waals surface area contributed by atoms with Crippen LogP contribution in [-0.4, -0.2) is 22.6 Å². The molecule has 19 heavy (non-hydrogen) atoms. The number of aromatic nitrogens is 2. The van der Waals surface area contributed by atoms with Crippen molar-refractivity contribution < 1.29 is 9.53 Å². The van der Waals surface area contributed by atoms with E-state index >= 15 is 0 Å². The number of carbonyl (C=O) groups excluding carboxylic acids is 1. The van der Waals surface area contributed by atoms with Gasteiger partial charge >= 0.3 is 0 Å². The summed E-state index contributed by atoms with van der Waals surface area (Å²) in [5, 5.41) is 0. The number of fused-ring (bicyclic) bond motifs is 1. The topological polar surface area (TPSA) is 96.2 Å². The molecule has 0 saturated carbocycles. The Morgan fingerprint density at radius 1 is 1.42 bits per heavy atom. The van der Waals surface area contributed by atoms with Crippen LogP contribution in [0, 0.1) is 0 Å². The third kappa shape index (κ3) is 2.96.